The number of benzene rings is 2. The van der Waals surface area contributed by atoms with Crippen LogP contribution in [0.5, 0.6) is 5.75 Å². The van der Waals surface area contributed by atoms with Crippen LogP contribution in [-0.2, 0) is 0 Å². The van der Waals surface area contributed by atoms with Crippen molar-refractivity contribution in [1.82, 2.24) is 0 Å². The topological polar surface area (TPSA) is 58.6 Å². The first-order valence-corrected chi connectivity index (χ1v) is 8.87. The van der Waals surface area contributed by atoms with Crippen molar-refractivity contribution in [2.45, 2.75) is 38.1 Å². The quantitative estimate of drug-likeness (QED) is 0.848. The Morgan fingerprint density at radius 3 is 2.64 bits per heavy atom. The number of hydrogen-bond acceptors (Lipinski definition) is 3. The number of aryl methyl sites for hydroxylation is 1. The van der Waals surface area contributed by atoms with Crippen molar-refractivity contribution in [3.63, 3.8) is 0 Å². The Hall–Kier alpha value is -2.49. The molecule has 0 amide bonds. The third kappa shape index (κ3) is 2.66. The maximum Gasteiger partial charge on any atom is 0.335 e. The van der Waals surface area contributed by atoms with Crippen LogP contribution in [0.15, 0.2) is 36.4 Å². The Kier molecular flexibility index (Phi) is 3.91. The predicted molar refractivity (Wildman–Crippen MR) is 97.6 cm³/mol. The Balaban J connectivity index is 1.74. The molecule has 4 rings (SSSR count). The zero-order valence-corrected chi connectivity index (χ0v) is 14.6. The minimum absolute atomic E-state index is 0.218. The molecule has 0 saturated heterocycles. The van der Waals surface area contributed by atoms with Gasteiger partial charge in [0.05, 0.1) is 18.7 Å². The number of carboxylic acid groups (broad SMARTS) is 1. The van der Waals surface area contributed by atoms with Crippen molar-refractivity contribution in [3.05, 3.63) is 58.7 Å². The van der Waals surface area contributed by atoms with E-state index in [1.165, 1.54) is 30.4 Å². The van der Waals surface area contributed by atoms with Gasteiger partial charge in [0.15, 0.2) is 0 Å². The van der Waals surface area contributed by atoms with Gasteiger partial charge in [0, 0.05) is 11.8 Å². The molecule has 3 atom stereocenters. The fourth-order valence-corrected chi connectivity index (χ4v) is 4.57. The van der Waals surface area contributed by atoms with Crippen LogP contribution in [0.3, 0.4) is 0 Å². The predicted octanol–water partition coefficient (Wildman–Crippen LogP) is 4.75. The minimum atomic E-state index is -0.882. The van der Waals surface area contributed by atoms with Crippen molar-refractivity contribution in [3.8, 4) is 5.75 Å². The molecule has 0 spiro atoms. The minimum Gasteiger partial charge on any atom is -0.496 e. The van der Waals surface area contributed by atoms with Gasteiger partial charge in [0.1, 0.15) is 5.75 Å². The van der Waals surface area contributed by atoms with Crippen LogP contribution in [0.4, 0.5) is 5.69 Å². The van der Waals surface area contributed by atoms with E-state index in [0.29, 0.717) is 17.4 Å². The molecule has 1 aliphatic heterocycles. The Morgan fingerprint density at radius 2 is 1.96 bits per heavy atom. The summed E-state index contributed by atoms with van der Waals surface area (Å²) in [5.41, 5.74) is 5.22. The van der Waals surface area contributed by atoms with Gasteiger partial charge in [-0.1, -0.05) is 24.6 Å². The molecule has 2 aromatic carbocycles. The number of fused-ring (bicyclic) bond motifs is 3. The molecule has 0 aromatic heterocycles. The molecule has 0 unspecified atom stereocenters. The third-order valence-electron chi connectivity index (χ3n) is 5.79. The van der Waals surface area contributed by atoms with Crippen LogP contribution in [0.1, 0.15) is 58.3 Å². The number of rotatable bonds is 3. The Labute approximate surface area is 147 Å². The second kappa shape index (κ2) is 6.10. The van der Waals surface area contributed by atoms with Gasteiger partial charge in [-0.3, -0.25) is 0 Å². The standard InChI is InChI=1S/C21H23NO3/c1-12-10-17-15-4-3-5-16(15)20(22-18(17)11-19(12)25-2)13-6-8-14(9-7-13)21(23)24/h6-11,15-16,20,22H,3-5H2,1-2H3,(H,23,24)/t15-,16+,20+/m1/s1. The van der Waals surface area contributed by atoms with Crippen molar-refractivity contribution in [1.29, 1.82) is 0 Å². The maximum absolute atomic E-state index is 11.1. The smallest absolute Gasteiger partial charge is 0.335 e. The normalized spacial score (nSPS) is 24.2. The second-order valence-electron chi connectivity index (χ2n) is 7.16. The van der Waals surface area contributed by atoms with E-state index in [4.69, 9.17) is 9.84 Å². The molecular formula is C21H23NO3. The summed E-state index contributed by atoms with van der Waals surface area (Å²) in [4.78, 5) is 11.1. The summed E-state index contributed by atoms with van der Waals surface area (Å²) in [5.74, 6) is 1.14. The number of ether oxygens (including phenoxy) is 1. The molecule has 130 valence electrons. The highest BCUT2D eigenvalue weighted by Crippen LogP contribution is 2.53. The number of anilines is 1. The second-order valence-corrected chi connectivity index (χ2v) is 7.16. The molecule has 1 heterocycles. The van der Waals surface area contributed by atoms with E-state index in [0.717, 1.165) is 17.0 Å². The third-order valence-corrected chi connectivity index (χ3v) is 5.79. The van der Waals surface area contributed by atoms with Gasteiger partial charge < -0.3 is 15.2 Å². The van der Waals surface area contributed by atoms with E-state index in [-0.39, 0.29) is 6.04 Å². The lowest BCUT2D eigenvalue weighted by Crippen LogP contribution is -2.29. The fraction of sp³-hybridized carbons (Fsp3) is 0.381. The molecule has 2 N–H and O–H groups in total. The first-order valence-electron chi connectivity index (χ1n) is 8.87. The molecule has 0 radical (unpaired) electrons. The van der Waals surface area contributed by atoms with E-state index in [1.54, 1.807) is 19.2 Å². The van der Waals surface area contributed by atoms with Gasteiger partial charge in [-0.25, -0.2) is 4.79 Å². The lowest BCUT2D eigenvalue weighted by atomic mass is 9.77. The lowest BCUT2D eigenvalue weighted by molar-refractivity contribution is 0.0697. The molecule has 0 bridgehead atoms. The largest absolute Gasteiger partial charge is 0.496 e. The summed E-state index contributed by atoms with van der Waals surface area (Å²) in [6.45, 7) is 2.10. The monoisotopic (exact) mass is 337 g/mol. The van der Waals surface area contributed by atoms with E-state index < -0.39 is 5.97 Å². The van der Waals surface area contributed by atoms with Crippen molar-refractivity contribution < 1.29 is 14.6 Å². The van der Waals surface area contributed by atoms with E-state index >= 15 is 0 Å². The SMILES string of the molecule is COc1cc2c(cc1C)[C@@H]1CCC[C@@H]1[C@H](c1ccc(C(=O)O)cc1)N2. The van der Waals surface area contributed by atoms with Crippen LogP contribution in [0, 0.1) is 12.8 Å². The maximum atomic E-state index is 11.1. The molecule has 1 saturated carbocycles. The number of aromatic carboxylic acids is 1. The molecule has 1 aliphatic carbocycles. The van der Waals surface area contributed by atoms with Gasteiger partial charge in [-0.15, -0.1) is 0 Å². The van der Waals surface area contributed by atoms with E-state index in [2.05, 4.69) is 24.4 Å². The summed E-state index contributed by atoms with van der Waals surface area (Å²) in [5, 5.41) is 12.8. The molecule has 4 nitrogen and oxygen atoms in total. The molecule has 2 aromatic rings. The number of hydrogen-bond donors (Lipinski definition) is 2. The molecule has 4 heteroatoms. The van der Waals surface area contributed by atoms with Crippen LogP contribution in [0.25, 0.3) is 0 Å². The zero-order valence-electron chi connectivity index (χ0n) is 14.6. The lowest BCUT2D eigenvalue weighted by Gasteiger charge is -2.38. The summed E-state index contributed by atoms with van der Waals surface area (Å²) < 4.78 is 5.50. The van der Waals surface area contributed by atoms with Gasteiger partial charge in [-0.05, 0) is 60.4 Å². The Morgan fingerprint density at radius 1 is 1.20 bits per heavy atom. The average molecular weight is 337 g/mol. The van der Waals surface area contributed by atoms with Crippen LogP contribution in [0.2, 0.25) is 0 Å². The average Bonchev–Trinajstić information content (AvgIpc) is 3.11. The number of nitrogens with one attached hydrogen (secondary N) is 1. The molecule has 25 heavy (non-hydrogen) atoms. The van der Waals surface area contributed by atoms with Gasteiger partial charge in [0.25, 0.3) is 0 Å². The summed E-state index contributed by atoms with van der Waals surface area (Å²) >= 11 is 0. The van der Waals surface area contributed by atoms with Gasteiger partial charge >= 0.3 is 5.97 Å². The zero-order chi connectivity index (χ0) is 17.6. The van der Waals surface area contributed by atoms with Crippen LogP contribution in [-0.4, -0.2) is 18.2 Å². The van der Waals surface area contributed by atoms with Crippen LogP contribution >= 0.6 is 0 Å². The Bertz CT molecular complexity index is 813. The van der Waals surface area contributed by atoms with Crippen LogP contribution < -0.4 is 10.1 Å². The highest BCUT2D eigenvalue weighted by molar-refractivity contribution is 5.87. The number of carbonyl (C=O) groups is 1. The van der Waals surface area contributed by atoms with Crippen molar-refractivity contribution >= 4 is 11.7 Å². The number of carboxylic acids is 1. The summed E-state index contributed by atoms with van der Waals surface area (Å²) in [7, 11) is 1.71. The first-order chi connectivity index (χ1) is 12.1. The highest BCUT2D eigenvalue weighted by Gasteiger charge is 2.40. The highest BCUT2D eigenvalue weighted by atomic mass is 16.5. The van der Waals surface area contributed by atoms with E-state index in [1.807, 2.05) is 12.1 Å². The molecule has 1 fully saturated rings. The number of methoxy groups -OCH3 is 1. The van der Waals surface area contributed by atoms with Crippen molar-refractivity contribution in [2.75, 3.05) is 12.4 Å². The van der Waals surface area contributed by atoms with Gasteiger partial charge in [-0.2, -0.15) is 0 Å². The van der Waals surface area contributed by atoms with Crippen molar-refractivity contribution in [2.24, 2.45) is 5.92 Å². The summed E-state index contributed by atoms with van der Waals surface area (Å²) in [6.07, 6.45) is 3.66. The van der Waals surface area contributed by atoms with Gasteiger partial charge in [0.2, 0.25) is 0 Å². The van der Waals surface area contributed by atoms with E-state index in [9.17, 15) is 4.79 Å². The molecular weight excluding hydrogens is 314 g/mol. The first kappa shape index (κ1) is 16.0. The molecule has 2 aliphatic rings. The summed E-state index contributed by atoms with van der Waals surface area (Å²) in [6, 6.07) is 11.9. The fourth-order valence-electron chi connectivity index (χ4n) is 4.57.